The van der Waals surface area contributed by atoms with Gasteiger partial charge in [-0.05, 0) is 54.9 Å². The molecular weight excluding hydrogens is 322 g/mol. The van der Waals surface area contributed by atoms with Crippen molar-refractivity contribution in [3.05, 3.63) is 48.3 Å². The first-order valence-corrected chi connectivity index (χ1v) is 8.59. The first-order valence-electron chi connectivity index (χ1n) is 8.18. The number of benzene rings is 1. The molecule has 1 N–H and O–H groups in total. The van der Waals surface area contributed by atoms with Gasteiger partial charge in [0.05, 0.1) is 6.04 Å². The summed E-state index contributed by atoms with van der Waals surface area (Å²) in [7, 11) is 0. The zero-order valence-electron chi connectivity index (χ0n) is 13.3. The predicted octanol–water partition coefficient (Wildman–Crippen LogP) is 3.39. The molecule has 1 atom stereocenters. The van der Waals surface area contributed by atoms with Crippen LogP contribution in [0.15, 0.2) is 42.7 Å². The molecule has 3 heterocycles. The lowest BCUT2D eigenvalue weighted by atomic mass is 10.1. The molecule has 6 heteroatoms. The number of rotatable bonds is 2. The Bertz CT molecular complexity index is 738. The molecule has 124 valence electrons. The number of thiocarbonyl (C=S) groups is 1. The Hall–Kier alpha value is -2.34. The molecule has 0 bridgehead atoms. The van der Waals surface area contributed by atoms with E-state index in [1.807, 2.05) is 30.6 Å². The van der Waals surface area contributed by atoms with Crippen molar-refractivity contribution in [1.29, 1.82) is 0 Å². The maximum atomic E-state index is 5.65. The quantitative estimate of drug-likeness (QED) is 0.845. The van der Waals surface area contributed by atoms with Crippen molar-refractivity contribution >= 4 is 23.0 Å². The monoisotopic (exact) mass is 341 g/mol. The maximum absolute atomic E-state index is 5.65. The first kappa shape index (κ1) is 15.2. The molecule has 0 spiro atoms. The summed E-state index contributed by atoms with van der Waals surface area (Å²) < 4.78 is 11.2. The Morgan fingerprint density at radius 2 is 1.92 bits per heavy atom. The fourth-order valence-electron chi connectivity index (χ4n) is 3.26. The van der Waals surface area contributed by atoms with Crippen LogP contribution in [0.5, 0.6) is 11.5 Å². The third kappa shape index (κ3) is 3.01. The van der Waals surface area contributed by atoms with E-state index < -0.39 is 0 Å². The van der Waals surface area contributed by atoms with Crippen molar-refractivity contribution in [2.45, 2.75) is 18.9 Å². The van der Waals surface area contributed by atoms with E-state index in [1.54, 1.807) is 0 Å². The SMILES string of the molecule is S=C(Nc1ccc2c(c1)OCCO2)N1CCC[C@@H]1c1ccncc1. The van der Waals surface area contributed by atoms with E-state index in [0.717, 1.165) is 41.7 Å². The summed E-state index contributed by atoms with van der Waals surface area (Å²) in [5.41, 5.74) is 2.18. The number of aromatic nitrogens is 1. The molecule has 1 fully saturated rings. The minimum Gasteiger partial charge on any atom is -0.486 e. The topological polar surface area (TPSA) is 46.6 Å². The summed E-state index contributed by atoms with van der Waals surface area (Å²) in [6.45, 7) is 2.14. The van der Waals surface area contributed by atoms with Crippen LogP contribution in [0.1, 0.15) is 24.4 Å². The second kappa shape index (κ2) is 6.65. The Kier molecular flexibility index (Phi) is 4.21. The van der Waals surface area contributed by atoms with Gasteiger partial charge in [-0.2, -0.15) is 0 Å². The molecule has 0 saturated carbocycles. The van der Waals surface area contributed by atoms with Gasteiger partial charge in [0.25, 0.3) is 0 Å². The van der Waals surface area contributed by atoms with E-state index in [-0.39, 0.29) is 0 Å². The molecule has 1 aromatic heterocycles. The van der Waals surface area contributed by atoms with Crippen LogP contribution in [0.3, 0.4) is 0 Å². The van der Waals surface area contributed by atoms with E-state index in [4.69, 9.17) is 21.7 Å². The summed E-state index contributed by atoms with van der Waals surface area (Å²) in [4.78, 5) is 6.35. The molecule has 4 rings (SSSR count). The number of anilines is 1. The Labute approximate surface area is 146 Å². The van der Waals surface area contributed by atoms with E-state index in [1.165, 1.54) is 5.56 Å². The fraction of sp³-hybridized carbons (Fsp3) is 0.333. The van der Waals surface area contributed by atoms with Crippen molar-refractivity contribution < 1.29 is 9.47 Å². The number of ether oxygens (including phenoxy) is 2. The molecule has 2 aliphatic heterocycles. The van der Waals surface area contributed by atoms with Crippen LogP contribution in [-0.2, 0) is 0 Å². The molecule has 1 saturated heterocycles. The highest BCUT2D eigenvalue weighted by atomic mass is 32.1. The number of hydrogen-bond acceptors (Lipinski definition) is 4. The number of nitrogens with zero attached hydrogens (tertiary/aromatic N) is 2. The standard InChI is InChI=1S/C18H19N3O2S/c24-18(20-14-3-4-16-17(12-14)23-11-10-22-16)21-9-1-2-15(21)13-5-7-19-8-6-13/h3-8,12,15H,1-2,9-11H2,(H,20,24)/t15-/m1/s1. The van der Waals surface area contributed by atoms with Gasteiger partial charge < -0.3 is 19.7 Å². The third-order valence-corrected chi connectivity index (χ3v) is 4.73. The van der Waals surface area contributed by atoms with Gasteiger partial charge in [-0.15, -0.1) is 0 Å². The maximum Gasteiger partial charge on any atom is 0.173 e. The summed E-state index contributed by atoms with van der Waals surface area (Å²) >= 11 is 5.65. The van der Waals surface area contributed by atoms with Crippen LogP contribution < -0.4 is 14.8 Å². The first-order chi connectivity index (χ1) is 11.8. The van der Waals surface area contributed by atoms with Gasteiger partial charge in [-0.25, -0.2) is 0 Å². The molecule has 2 aliphatic rings. The number of nitrogens with one attached hydrogen (secondary N) is 1. The highest BCUT2D eigenvalue weighted by Gasteiger charge is 2.28. The molecule has 0 aliphatic carbocycles. The molecule has 0 unspecified atom stereocenters. The lowest BCUT2D eigenvalue weighted by Crippen LogP contribution is -2.34. The molecule has 1 aromatic carbocycles. The molecular formula is C18H19N3O2S. The normalized spacial score (nSPS) is 19.2. The van der Waals surface area contributed by atoms with Crippen molar-refractivity contribution in [2.24, 2.45) is 0 Å². The smallest absolute Gasteiger partial charge is 0.173 e. The number of likely N-dealkylation sites (tertiary alicyclic amines) is 1. The summed E-state index contributed by atoms with van der Waals surface area (Å²) in [5.74, 6) is 1.55. The lowest BCUT2D eigenvalue weighted by Gasteiger charge is -2.28. The molecule has 0 amide bonds. The Balaban J connectivity index is 1.49. The second-order valence-corrected chi connectivity index (χ2v) is 6.31. The fourth-order valence-corrected chi connectivity index (χ4v) is 3.59. The summed E-state index contributed by atoms with van der Waals surface area (Å²) in [5, 5.41) is 4.08. The van der Waals surface area contributed by atoms with Crippen LogP contribution >= 0.6 is 12.2 Å². The van der Waals surface area contributed by atoms with Crippen LogP contribution in [-0.4, -0.2) is 34.8 Å². The summed E-state index contributed by atoms with van der Waals surface area (Å²) in [6.07, 6.45) is 5.91. The van der Waals surface area contributed by atoms with E-state index >= 15 is 0 Å². The number of hydrogen-bond donors (Lipinski definition) is 1. The minimum absolute atomic E-state index is 0.310. The van der Waals surface area contributed by atoms with E-state index in [0.29, 0.717) is 19.3 Å². The lowest BCUT2D eigenvalue weighted by molar-refractivity contribution is 0.171. The Morgan fingerprint density at radius 3 is 2.75 bits per heavy atom. The van der Waals surface area contributed by atoms with Gasteiger partial charge in [-0.3, -0.25) is 4.98 Å². The molecule has 0 radical (unpaired) electrons. The average molecular weight is 341 g/mol. The van der Waals surface area contributed by atoms with Gasteiger partial charge in [0.1, 0.15) is 13.2 Å². The zero-order valence-corrected chi connectivity index (χ0v) is 14.1. The largest absolute Gasteiger partial charge is 0.486 e. The Morgan fingerprint density at radius 1 is 1.12 bits per heavy atom. The van der Waals surface area contributed by atoms with E-state index in [9.17, 15) is 0 Å². The van der Waals surface area contributed by atoms with Gasteiger partial charge in [0, 0.05) is 30.7 Å². The van der Waals surface area contributed by atoms with Crippen molar-refractivity contribution in [1.82, 2.24) is 9.88 Å². The molecule has 24 heavy (non-hydrogen) atoms. The van der Waals surface area contributed by atoms with Gasteiger partial charge in [0.15, 0.2) is 16.6 Å². The molecule has 5 nitrogen and oxygen atoms in total. The minimum atomic E-state index is 0.310. The van der Waals surface area contributed by atoms with Gasteiger partial charge in [-0.1, -0.05) is 0 Å². The van der Waals surface area contributed by atoms with Crippen LogP contribution in [0, 0.1) is 0 Å². The zero-order chi connectivity index (χ0) is 16.4. The summed E-state index contributed by atoms with van der Waals surface area (Å²) in [6, 6.07) is 10.3. The molecule has 2 aromatic rings. The second-order valence-electron chi connectivity index (χ2n) is 5.92. The van der Waals surface area contributed by atoms with Crippen molar-refractivity contribution in [2.75, 3.05) is 25.1 Å². The van der Waals surface area contributed by atoms with Crippen LogP contribution in [0.2, 0.25) is 0 Å². The van der Waals surface area contributed by atoms with Gasteiger partial charge >= 0.3 is 0 Å². The van der Waals surface area contributed by atoms with E-state index in [2.05, 4.69) is 27.3 Å². The van der Waals surface area contributed by atoms with Crippen molar-refractivity contribution in [3.8, 4) is 11.5 Å². The third-order valence-electron chi connectivity index (χ3n) is 4.40. The predicted molar refractivity (Wildman–Crippen MR) is 96.6 cm³/mol. The average Bonchev–Trinajstić information content (AvgIpc) is 3.12. The van der Waals surface area contributed by atoms with Crippen LogP contribution in [0.4, 0.5) is 5.69 Å². The number of pyridine rings is 1. The number of fused-ring (bicyclic) bond motifs is 1. The van der Waals surface area contributed by atoms with Crippen molar-refractivity contribution in [3.63, 3.8) is 0 Å². The van der Waals surface area contributed by atoms with Gasteiger partial charge in [0.2, 0.25) is 0 Å². The highest BCUT2D eigenvalue weighted by molar-refractivity contribution is 7.80. The highest BCUT2D eigenvalue weighted by Crippen LogP contribution is 2.34. The van der Waals surface area contributed by atoms with Crippen LogP contribution in [0.25, 0.3) is 0 Å².